The molecule has 4 rings (SSSR count). The van der Waals surface area contributed by atoms with Gasteiger partial charge < -0.3 is 4.74 Å². The van der Waals surface area contributed by atoms with Crippen LogP contribution in [0.15, 0.2) is 88.8 Å². The van der Waals surface area contributed by atoms with Crippen molar-refractivity contribution in [3.05, 3.63) is 100 Å². The number of nitrogens with zero attached hydrogens (tertiary/aromatic N) is 2. The predicted molar refractivity (Wildman–Crippen MR) is 111 cm³/mol. The molecule has 0 amide bonds. The number of fused-ring (bicyclic) bond motifs is 1. The second-order valence-electron chi connectivity index (χ2n) is 6.15. The molecular weight excluding hydrogens is 352 g/mol. The fourth-order valence-corrected chi connectivity index (χ4v) is 2.73. The summed E-state index contributed by atoms with van der Waals surface area (Å²) in [4.78, 5) is 19.1. The summed E-state index contributed by atoms with van der Waals surface area (Å²) in [5, 5.41) is 4.70. The summed E-state index contributed by atoms with van der Waals surface area (Å²) in [5.74, 6) is 1.04. The van der Waals surface area contributed by atoms with Crippen LogP contribution in [0.2, 0.25) is 0 Å². The van der Waals surface area contributed by atoms with E-state index in [1.165, 1.54) is 0 Å². The number of para-hydroxylation sites is 1. The van der Waals surface area contributed by atoms with E-state index in [1.54, 1.807) is 24.4 Å². The van der Waals surface area contributed by atoms with Crippen LogP contribution in [0.25, 0.3) is 10.9 Å². The first kappa shape index (κ1) is 17.5. The Balaban J connectivity index is 1.43. The van der Waals surface area contributed by atoms with Crippen LogP contribution in [0.1, 0.15) is 11.1 Å². The Morgan fingerprint density at radius 2 is 1.82 bits per heavy atom. The number of nitrogens with one attached hydrogen (secondary N) is 2. The second-order valence-corrected chi connectivity index (χ2v) is 6.15. The van der Waals surface area contributed by atoms with Gasteiger partial charge in [-0.05, 0) is 35.4 Å². The Hall–Kier alpha value is -3.93. The van der Waals surface area contributed by atoms with Crippen molar-refractivity contribution >= 4 is 23.1 Å². The van der Waals surface area contributed by atoms with E-state index in [0.717, 1.165) is 16.9 Å². The highest BCUT2D eigenvalue weighted by Crippen LogP contribution is 2.14. The quantitative estimate of drug-likeness (QED) is 0.398. The number of aromatic amines is 1. The van der Waals surface area contributed by atoms with Gasteiger partial charge in [-0.3, -0.25) is 9.78 Å². The zero-order valence-corrected chi connectivity index (χ0v) is 15.0. The summed E-state index contributed by atoms with van der Waals surface area (Å²) in [6.07, 6.45) is 1.64. The molecule has 0 aliphatic carbocycles. The number of benzene rings is 3. The molecule has 0 spiro atoms. The molecule has 0 bridgehead atoms. The normalized spacial score (nSPS) is 11.0. The van der Waals surface area contributed by atoms with Crippen LogP contribution in [-0.2, 0) is 6.61 Å². The number of aromatic nitrogens is 2. The van der Waals surface area contributed by atoms with Gasteiger partial charge in [0.15, 0.2) is 0 Å². The lowest BCUT2D eigenvalue weighted by atomic mass is 10.2. The summed E-state index contributed by atoms with van der Waals surface area (Å²) in [7, 11) is 0. The van der Waals surface area contributed by atoms with Gasteiger partial charge in [0.25, 0.3) is 5.56 Å². The van der Waals surface area contributed by atoms with Gasteiger partial charge in [0, 0.05) is 0 Å². The maximum absolute atomic E-state index is 12.1. The topological polar surface area (TPSA) is 79.4 Å². The maximum Gasteiger partial charge on any atom is 0.260 e. The van der Waals surface area contributed by atoms with Gasteiger partial charge in [-0.1, -0.05) is 54.6 Å². The molecular formula is C22H18N4O2. The lowest BCUT2D eigenvalue weighted by Crippen LogP contribution is -2.10. The summed E-state index contributed by atoms with van der Waals surface area (Å²) < 4.78 is 5.82. The molecule has 0 aliphatic rings. The molecule has 1 aromatic heterocycles. The van der Waals surface area contributed by atoms with Crippen LogP contribution in [-0.4, -0.2) is 16.2 Å². The SMILES string of the molecule is O=c1[nH]c(N/N=C\c2cccc(OCc3ccccc3)c2)nc2ccccc12. The minimum Gasteiger partial charge on any atom is -0.489 e. The van der Waals surface area contributed by atoms with Gasteiger partial charge in [0.2, 0.25) is 5.95 Å². The third-order valence-corrected chi connectivity index (χ3v) is 4.10. The third kappa shape index (κ3) is 4.24. The van der Waals surface area contributed by atoms with Crippen LogP contribution >= 0.6 is 0 Å². The van der Waals surface area contributed by atoms with Crippen molar-refractivity contribution in [1.82, 2.24) is 9.97 Å². The van der Waals surface area contributed by atoms with Gasteiger partial charge in [0.05, 0.1) is 17.1 Å². The van der Waals surface area contributed by atoms with Gasteiger partial charge in [0.1, 0.15) is 12.4 Å². The molecule has 1 heterocycles. The van der Waals surface area contributed by atoms with E-state index in [0.29, 0.717) is 17.5 Å². The van der Waals surface area contributed by atoms with Crippen molar-refractivity contribution in [3.63, 3.8) is 0 Å². The summed E-state index contributed by atoms with van der Waals surface area (Å²) in [6, 6.07) is 24.7. The average molecular weight is 370 g/mol. The average Bonchev–Trinajstić information content (AvgIpc) is 2.73. The Kier molecular flexibility index (Phi) is 5.11. The Morgan fingerprint density at radius 1 is 1.00 bits per heavy atom. The minimum atomic E-state index is -0.209. The number of rotatable bonds is 6. The molecule has 0 atom stereocenters. The van der Waals surface area contributed by atoms with Crippen molar-refractivity contribution in [2.45, 2.75) is 6.61 Å². The van der Waals surface area contributed by atoms with Crippen molar-refractivity contribution in [3.8, 4) is 5.75 Å². The molecule has 0 aliphatic heterocycles. The second kappa shape index (κ2) is 8.18. The monoisotopic (exact) mass is 370 g/mol. The summed E-state index contributed by atoms with van der Waals surface area (Å²) in [5.41, 5.74) is 5.14. The first-order chi connectivity index (χ1) is 13.8. The van der Waals surface area contributed by atoms with Crippen molar-refractivity contribution in [2.24, 2.45) is 5.10 Å². The van der Waals surface area contributed by atoms with Crippen LogP contribution in [0.4, 0.5) is 5.95 Å². The van der Waals surface area contributed by atoms with Gasteiger partial charge in [-0.25, -0.2) is 10.4 Å². The molecule has 0 fully saturated rings. The maximum atomic E-state index is 12.1. The standard InChI is InChI=1S/C22H18N4O2/c27-21-19-11-4-5-12-20(19)24-22(25-21)26-23-14-17-9-6-10-18(13-17)28-15-16-7-2-1-3-8-16/h1-14H,15H2,(H2,24,25,26,27)/b23-14-. The molecule has 138 valence electrons. The molecule has 0 unspecified atom stereocenters. The Bertz CT molecular complexity index is 1170. The van der Waals surface area contributed by atoms with Crippen LogP contribution in [0, 0.1) is 0 Å². The number of anilines is 1. The van der Waals surface area contributed by atoms with E-state index in [4.69, 9.17) is 4.74 Å². The molecule has 28 heavy (non-hydrogen) atoms. The molecule has 2 N–H and O–H groups in total. The number of hydrogen-bond acceptors (Lipinski definition) is 5. The molecule has 0 saturated heterocycles. The highest BCUT2D eigenvalue weighted by Gasteiger charge is 2.02. The van der Waals surface area contributed by atoms with E-state index in [9.17, 15) is 4.79 Å². The van der Waals surface area contributed by atoms with Gasteiger partial charge in [-0.2, -0.15) is 5.10 Å². The fraction of sp³-hybridized carbons (Fsp3) is 0.0455. The van der Waals surface area contributed by atoms with E-state index in [2.05, 4.69) is 20.5 Å². The Labute approximate surface area is 161 Å². The molecule has 4 aromatic rings. The van der Waals surface area contributed by atoms with Gasteiger partial charge in [-0.15, -0.1) is 0 Å². The molecule has 6 heteroatoms. The lowest BCUT2D eigenvalue weighted by Gasteiger charge is -2.06. The predicted octanol–water partition coefficient (Wildman–Crippen LogP) is 3.95. The van der Waals surface area contributed by atoms with E-state index in [-0.39, 0.29) is 11.5 Å². The van der Waals surface area contributed by atoms with Crippen molar-refractivity contribution < 1.29 is 4.74 Å². The molecule has 0 radical (unpaired) electrons. The van der Waals surface area contributed by atoms with Crippen LogP contribution in [0.3, 0.4) is 0 Å². The van der Waals surface area contributed by atoms with E-state index >= 15 is 0 Å². The van der Waals surface area contributed by atoms with Crippen molar-refractivity contribution in [2.75, 3.05) is 5.43 Å². The number of ether oxygens (including phenoxy) is 1. The number of H-pyrrole nitrogens is 1. The number of hydrazone groups is 1. The Morgan fingerprint density at radius 3 is 2.71 bits per heavy atom. The highest BCUT2D eigenvalue weighted by atomic mass is 16.5. The summed E-state index contributed by atoms with van der Waals surface area (Å²) in [6.45, 7) is 0.502. The molecule has 6 nitrogen and oxygen atoms in total. The first-order valence-electron chi connectivity index (χ1n) is 8.83. The smallest absolute Gasteiger partial charge is 0.260 e. The van der Waals surface area contributed by atoms with E-state index < -0.39 is 0 Å². The highest BCUT2D eigenvalue weighted by molar-refractivity contribution is 5.81. The molecule has 0 saturated carbocycles. The fourth-order valence-electron chi connectivity index (χ4n) is 2.73. The summed E-state index contributed by atoms with van der Waals surface area (Å²) >= 11 is 0. The largest absolute Gasteiger partial charge is 0.489 e. The van der Waals surface area contributed by atoms with E-state index in [1.807, 2.05) is 60.7 Å². The first-order valence-corrected chi connectivity index (χ1v) is 8.83. The zero-order valence-electron chi connectivity index (χ0n) is 15.0. The van der Waals surface area contributed by atoms with Crippen LogP contribution < -0.4 is 15.7 Å². The molecule has 3 aromatic carbocycles. The van der Waals surface area contributed by atoms with Gasteiger partial charge >= 0.3 is 0 Å². The number of hydrogen-bond donors (Lipinski definition) is 2. The zero-order chi connectivity index (χ0) is 19.2. The lowest BCUT2D eigenvalue weighted by molar-refractivity contribution is 0.306. The van der Waals surface area contributed by atoms with Crippen LogP contribution in [0.5, 0.6) is 5.75 Å². The minimum absolute atomic E-state index is 0.209. The van der Waals surface area contributed by atoms with Crippen molar-refractivity contribution in [1.29, 1.82) is 0 Å². The third-order valence-electron chi connectivity index (χ3n) is 4.10.